The van der Waals surface area contributed by atoms with Crippen LogP contribution < -0.4 is 34.3 Å². The van der Waals surface area contributed by atoms with Gasteiger partial charge >= 0.3 is 29.6 Å². The summed E-state index contributed by atoms with van der Waals surface area (Å²) in [6.45, 7) is 0.386. The number of ether oxygens (including phenoxy) is 1. The largest absolute Gasteiger partial charge is 1.00 e. The second kappa shape index (κ2) is 6.13. The van der Waals surface area contributed by atoms with Crippen molar-refractivity contribution in [1.82, 2.24) is 0 Å². The van der Waals surface area contributed by atoms with Crippen LogP contribution in [0.5, 0.6) is 5.75 Å². The summed E-state index contributed by atoms with van der Waals surface area (Å²) in [4.78, 5) is 0. The van der Waals surface area contributed by atoms with Crippen molar-refractivity contribution in [3.05, 3.63) is 42.5 Å². The van der Waals surface area contributed by atoms with Crippen molar-refractivity contribution in [2.75, 3.05) is 13.2 Å². The molecule has 74 valence electrons. The van der Waals surface area contributed by atoms with Crippen LogP contribution >= 0.6 is 0 Å². The van der Waals surface area contributed by atoms with Crippen LogP contribution in [0.3, 0.4) is 0 Å². The third kappa shape index (κ3) is 2.95. The van der Waals surface area contributed by atoms with E-state index in [1.54, 1.807) is 0 Å². The quantitative estimate of drug-likeness (QED) is 0.684. The predicted octanol–water partition coefficient (Wildman–Crippen LogP) is -0.673. The van der Waals surface area contributed by atoms with Crippen molar-refractivity contribution in [3.8, 4) is 5.75 Å². The van der Waals surface area contributed by atoms with Crippen molar-refractivity contribution >= 4 is 10.8 Å². The maximum absolute atomic E-state index is 8.67. The minimum absolute atomic E-state index is 0. The number of rotatable bonds is 3. The molecular formula is C12H13NaO2. The molecular weight excluding hydrogens is 199 g/mol. The molecule has 2 rings (SSSR count). The van der Waals surface area contributed by atoms with Crippen LogP contribution in [0.1, 0.15) is 1.43 Å². The smallest absolute Gasteiger partial charge is 1.00 e. The second-order valence-corrected chi connectivity index (χ2v) is 3.05. The topological polar surface area (TPSA) is 29.5 Å². The zero-order chi connectivity index (χ0) is 9.80. The molecule has 0 radical (unpaired) electrons. The number of aliphatic hydroxyl groups excluding tert-OH is 1. The van der Waals surface area contributed by atoms with Crippen molar-refractivity contribution in [2.24, 2.45) is 0 Å². The maximum atomic E-state index is 8.67. The Balaban J connectivity index is 0.00000112. The number of hydrogen-bond donors (Lipinski definition) is 1. The molecule has 2 nitrogen and oxygen atoms in total. The van der Waals surface area contributed by atoms with Crippen molar-refractivity contribution in [1.29, 1.82) is 0 Å². The monoisotopic (exact) mass is 212 g/mol. The van der Waals surface area contributed by atoms with E-state index in [0.717, 1.165) is 16.5 Å². The molecule has 0 heterocycles. The van der Waals surface area contributed by atoms with Gasteiger partial charge in [-0.15, -0.1) is 0 Å². The van der Waals surface area contributed by atoms with Crippen LogP contribution in [0.2, 0.25) is 0 Å². The van der Waals surface area contributed by atoms with Crippen LogP contribution in [0.15, 0.2) is 42.5 Å². The number of aliphatic hydroxyl groups is 1. The first kappa shape index (κ1) is 12.5. The first-order valence-electron chi connectivity index (χ1n) is 4.63. The Bertz CT molecular complexity index is 429. The summed E-state index contributed by atoms with van der Waals surface area (Å²) < 4.78 is 5.42. The zero-order valence-electron chi connectivity index (χ0n) is 9.81. The van der Waals surface area contributed by atoms with E-state index >= 15 is 0 Å². The van der Waals surface area contributed by atoms with Gasteiger partial charge < -0.3 is 11.3 Å². The molecule has 0 aromatic heterocycles. The summed E-state index contributed by atoms with van der Waals surface area (Å²) in [6.07, 6.45) is 0. The molecule has 0 aliphatic carbocycles. The van der Waals surface area contributed by atoms with Crippen LogP contribution in [0, 0.1) is 0 Å². The summed E-state index contributed by atoms with van der Waals surface area (Å²) in [5.41, 5.74) is 0. The molecule has 0 spiro atoms. The summed E-state index contributed by atoms with van der Waals surface area (Å²) >= 11 is 0. The second-order valence-electron chi connectivity index (χ2n) is 3.05. The molecule has 15 heavy (non-hydrogen) atoms. The molecule has 1 N–H and O–H groups in total. The molecule has 0 bridgehead atoms. The Labute approximate surface area is 113 Å². The first-order valence-corrected chi connectivity index (χ1v) is 4.63. The number of fused-ring (bicyclic) bond motifs is 1. The van der Waals surface area contributed by atoms with E-state index < -0.39 is 0 Å². The summed E-state index contributed by atoms with van der Waals surface area (Å²) in [5, 5.41) is 10.9. The fourth-order valence-electron chi connectivity index (χ4n) is 1.48. The van der Waals surface area contributed by atoms with E-state index in [4.69, 9.17) is 9.84 Å². The average molecular weight is 212 g/mol. The van der Waals surface area contributed by atoms with Gasteiger partial charge in [0.1, 0.15) is 12.4 Å². The van der Waals surface area contributed by atoms with E-state index in [2.05, 4.69) is 0 Å². The fourth-order valence-corrected chi connectivity index (χ4v) is 1.48. The Morgan fingerprint density at radius 2 is 1.80 bits per heavy atom. The molecule has 0 unspecified atom stereocenters. The van der Waals surface area contributed by atoms with Gasteiger partial charge in [0.2, 0.25) is 0 Å². The van der Waals surface area contributed by atoms with E-state index in [1.165, 1.54) is 0 Å². The molecule has 3 heteroatoms. The van der Waals surface area contributed by atoms with Crippen LogP contribution in [0.25, 0.3) is 10.8 Å². The average Bonchev–Trinajstić information content (AvgIpc) is 2.26. The summed E-state index contributed by atoms with van der Waals surface area (Å²) in [5.74, 6) is 0.831. The van der Waals surface area contributed by atoms with Crippen molar-refractivity contribution < 1.29 is 40.8 Å². The minimum Gasteiger partial charge on any atom is -1.00 e. The molecule has 2 aromatic carbocycles. The molecule has 2 aromatic rings. The Kier molecular flexibility index (Phi) is 5.12. The van der Waals surface area contributed by atoms with Gasteiger partial charge in [-0.1, -0.05) is 36.4 Å². The summed E-state index contributed by atoms with van der Waals surface area (Å²) in [6, 6.07) is 13.9. The Morgan fingerprint density at radius 1 is 1.07 bits per heavy atom. The third-order valence-electron chi connectivity index (χ3n) is 2.10. The molecule has 0 saturated heterocycles. The van der Waals surface area contributed by atoms with Gasteiger partial charge in [0, 0.05) is 5.39 Å². The molecule has 0 aliphatic heterocycles. The predicted molar refractivity (Wildman–Crippen MR) is 57.6 cm³/mol. The summed E-state index contributed by atoms with van der Waals surface area (Å²) in [7, 11) is 0. The molecule has 0 saturated carbocycles. The zero-order valence-corrected chi connectivity index (χ0v) is 10.8. The van der Waals surface area contributed by atoms with Crippen LogP contribution in [0.4, 0.5) is 0 Å². The van der Waals surface area contributed by atoms with Crippen molar-refractivity contribution in [2.45, 2.75) is 0 Å². The van der Waals surface area contributed by atoms with Gasteiger partial charge in [-0.05, 0) is 11.5 Å². The maximum Gasteiger partial charge on any atom is 1.00 e. The molecule has 0 atom stereocenters. The van der Waals surface area contributed by atoms with Gasteiger partial charge in [0.25, 0.3) is 0 Å². The SMILES string of the molecule is OCCOc1cccc2ccccc12.[H-].[Na+]. The van der Waals surface area contributed by atoms with Crippen LogP contribution in [-0.2, 0) is 0 Å². The van der Waals surface area contributed by atoms with Crippen LogP contribution in [-0.4, -0.2) is 18.3 Å². The van der Waals surface area contributed by atoms with Crippen molar-refractivity contribution in [3.63, 3.8) is 0 Å². The van der Waals surface area contributed by atoms with Gasteiger partial charge in [-0.25, -0.2) is 0 Å². The first-order chi connectivity index (χ1) is 6.92. The Morgan fingerprint density at radius 3 is 2.60 bits per heavy atom. The van der Waals surface area contributed by atoms with E-state index in [9.17, 15) is 0 Å². The standard InChI is InChI=1S/C12H12O2.Na.H/c13-8-9-14-12-7-3-5-10-4-1-2-6-11(10)12;;/h1-7,13H,8-9H2;;/q;+1;-1. The molecule has 0 aliphatic rings. The minimum atomic E-state index is 0. The Hall–Kier alpha value is -0.540. The van der Waals surface area contributed by atoms with Gasteiger partial charge in [0.05, 0.1) is 6.61 Å². The number of hydrogen-bond acceptors (Lipinski definition) is 2. The van der Waals surface area contributed by atoms with E-state index in [0.29, 0.717) is 6.61 Å². The molecule has 0 amide bonds. The van der Waals surface area contributed by atoms with Gasteiger partial charge in [0.15, 0.2) is 0 Å². The van der Waals surface area contributed by atoms with Gasteiger partial charge in [-0.3, -0.25) is 0 Å². The van der Waals surface area contributed by atoms with E-state index in [-0.39, 0.29) is 37.6 Å². The van der Waals surface area contributed by atoms with Gasteiger partial charge in [-0.2, -0.15) is 0 Å². The molecule has 0 fully saturated rings. The van der Waals surface area contributed by atoms with E-state index in [1.807, 2.05) is 42.5 Å². The third-order valence-corrected chi connectivity index (χ3v) is 2.10. The number of benzene rings is 2. The fraction of sp³-hybridized carbons (Fsp3) is 0.167. The normalized spacial score (nSPS) is 9.67.